The highest BCUT2D eigenvalue weighted by Gasteiger charge is 2.36. The Bertz CT molecular complexity index is 945. The first-order valence-electron chi connectivity index (χ1n) is 8.82. The molecular formula is C21H20F2N2O2S. The van der Waals surface area contributed by atoms with E-state index in [0.29, 0.717) is 16.4 Å². The number of anilines is 1. The van der Waals surface area contributed by atoms with Gasteiger partial charge in [-0.1, -0.05) is 24.3 Å². The smallest absolute Gasteiger partial charge is 0.338 e. The SMILES string of the molecule is CC1=C(C(=O)OC(C)C)[C@@H](c2ccc(F)c(F)c2)NC(=S)N1c1ccccc1. The van der Waals surface area contributed by atoms with E-state index in [1.807, 2.05) is 30.3 Å². The number of hydrogen-bond donors (Lipinski definition) is 1. The van der Waals surface area contributed by atoms with E-state index >= 15 is 0 Å². The van der Waals surface area contributed by atoms with Crippen LogP contribution < -0.4 is 10.2 Å². The molecule has 0 radical (unpaired) electrons. The summed E-state index contributed by atoms with van der Waals surface area (Å²) in [6.07, 6.45) is -0.336. The van der Waals surface area contributed by atoms with E-state index in [1.165, 1.54) is 6.07 Å². The number of allylic oxidation sites excluding steroid dienone is 1. The van der Waals surface area contributed by atoms with Crippen LogP contribution in [0.15, 0.2) is 59.8 Å². The molecule has 1 aliphatic rings. The van der Waals surface area contributed by atoms with Crippen LogP contribution in [0, 0.1) is 11.6 Å². The van der Waals surface area contributed by atoms with Crippen molar-refractivity contribution in [3.05, 3.63) is 77.0 Å². The summed E-state index contributed by atoms with van der Waals surface area (Å²) < 4.78 is 32.6. The molecule has 0 aliphatic carbocycles. The highest BCUT2D eigenvalue weighted by molar-refractivity contribution is 7.80. The number of nitrogens with zero attached hydrogens (tertiary/aromatic N) is 1. The van der Waals surface area contributed by atoms with Gasteiger partial charge < -0.3 is 10.1 Å². The van der Waals surface area contributed by atoms with E-state index in [2.05, 4.69) is 5.32 Å². The number of hydrogen-bond acceptors (Lipinski definition) is 3. The lowest BCUT2D eigenvalue weighted by Gasteiger charge is -2.37. The van der Waals surface area contributed by atoms with Crippen molar-refractivity contribution in [1.29, 1.82) is 0 Å². The maximum absolute atomic E-state index is 13.8. The molecule has 0 aromatic heterocycles. The van der Waals surface area contributed by atoms with Crippen LogP contribution in [0.1, 0.15) is 32.4 Å². The van der Waals surface area contributed by atoms with Crippen molar-refractivity contribution in [2.75, 3.05) is 4.90 Å². The Morgan fingerprint density at radius 2 is 1.82 bits per heavy atom. The van der Waals surface area contributed by atoms with E-state index in [1.54, 1.807) is 25.7 Å². The number of esters is 1. The molecule has 0 bridgehead atoms. The molecule has 3 rings (SSSR count). The van der Waals surface area contributed by atoms with Crippen LogP contribution in [0.5, 0.6) is 0 Å². The van der Waals surface area contributed by atoms with Crippen LogP contribution in [-0.2, 0) is 9.53 Å². The molecule has 1 atom stereocenters. The molecule has 2 aromatic rings. The van der Waals surface area contributed by atoms with Crippen LogP contribution in [0.2, 0.25) is 0 Å². The first kappa shape index (κ1) is 19.9. The summed E-state index contributed by atoms with van der Waals surface area (Å²) in [7, 11) is 0. The Hall–Kier alpha value is -2.80. The second kappa shape index (κ2) is 8.06. The van der Waals surface area contributed by atoms with Gasteiger partial charge in [-0.3, -0.25) is 4.90 Å². The zero-order valence-corrected chi connectivity index (χ0v) is 16.5. The zero-order chi connectivity index (χ0) is 20.4. The minimum absolute atomic E-state index is 0.289. The number of benzene rings is 2. The molecule has 1 heterocycles. The van der Waals surface area contributed by atoms with Crippen LogP contribution in [0.25, 0.3) is 0 Å². The van der Waals surface area contributed by atoms with Crippen molar-refractivity contribution in [2.24, 2.45) is 0 Å². The van der Waals surface area contributed by atoms with Crippen molar-refractivity contribution in [3.63, 3.8) is 0 Å². The molecule has 1 aliphatic heterocycles. The summed E-state index contributed by atoms with van der Waals surface area (Å²) in [5, 5.41) is 3.42. The van der Waals surface area contributed by atoms with Crippen LogP contribution in [0.4, 0.5) is 14.5 Å². The first-order chi connectivity index (χ1) is 13.3. The van der Waals surface area contributed by atoms with Crippen molar-refractivity contribution in [2.45, 2.75) is 32.9 Å². The van der Waals surface area contributed by atoms with Gasteiger partial charge >= 0.3 is 5.97 Å². The topological polar surface area (TPSA) is 41.6 Å². The summed E-state index contributed by atoms with van der Waals surface area (Å²) in [5.74, 6) is -2.50. The summed E-state index contributed by atoms with van der Waals surface area (Å²) in [6.45, 7) is 5.25. The molecule has 4 nitrogen and oxygen atoms in total. The van der Waals surface area contributed by atoms with E-state index in [4.69, 9.17) is 17.0 Å². The molecule has 1 N–H and O–H groups in total. The standard InChI is InChI=1S/C21H20F2N2O2S/c1-12(2)27-20(26)18-13(3)25(15-7-5-4-6-8-15)21(28)24-19(18)14-9-10-16(22)17(23)11-14/h4-12,19H,1-3H3,(H,24,28)/t19-/m1/s1. The van der Waals surface area contributed by atoms with Gasteiger partial charge in [0.1, 0.15) is 0 Å². The third-order valence-electron chi connectivity index (χ3n) is 4.34. The van der Waals surface area contributed by atoms with Gasteiger partial charge in [0.2, 0.25) is 0 Å². The molecule has 7 heteroatoms. The summed E-state index contributed by atoms with van der Waals surface area (Å²) in [6, 6.07) is 12.1. The average molecular weight is 402 g/mol. The van der Waals surface area contributed by atoms with Gasteiger partial charge in [0.15, 0.2) is 16.7 Å². The first-order valence-corrected chi connectivity index (χ1v) is 9.22. The fourth-order valence-corrected chi connectivity index (χ4v) is 3.48. The number of carbonyl (C=O) groups is 1. The molecule has 0 amide bonds. The predicted molar refractivity (Wildman–Crippen MR) is 108 cm³/mol. The minimum Gasteiger partial charge on any atom is -0.459 e. The molecule has 0 saturated heterocycles. The number of rotatable bonds is 4. The number of carbonyl (C=O) groups excluding carboxylic acids is 1. The maximum atomic E-state index is 13.8. The van der Waals surface area contributed by atoms with Gasteiger partial charge in [0.05, 0.1) is 17.7 Å². The molecular weight excluding hydrogens is 382 g/mol. The third-order valence-corrected chi connectivity index (χ3v) is 4.64. The number of nitrogens with one attached hydrogen (secondary N) is 1. The van der Waals surface area contributed by atoms with Crippen LogP contribution in [-0.4, -0.2) is 17.2 Å². The molecule has 2 aromatic carbocycles. The fraction of sp³-hybridized carbons (Fsp3) is 0.238. The fourth-order valence-electron chi connectivity index (χ4n) is 3.11. The largest absolute Gasteiger partial charge is 0.459 e. The maximum Gasteiger partial charge on any atom is 0.338 e. The van der Waals surface area contributed by atoms with Crippen LogP contribution >= 0.6 is 12.2 Å². The lowest BCUT2D eigenvalue weighted by Crippen LogP contribution is -2.48. The number of halogens is 2. The van der Waals surface area contributed by atoms with Crippen molar-refractivity contribution < 1.29 is 18.3 Å². The van der Waals surface area contributed by atoms with Crippen molar-refractivity contribution in [3.8, 4) is 0 Å². The minimum atomic E-state index is -0.995. The summed E-state index contributed by atoms with van der Waals surface area (Å²) in [5.41, 5.74) is 2.01. The molecule has 0 spiro atoms. The Morgan fingerprint density at radius 1 is 1.14 bits per heavy atom. The highest BCUT2D eigenvalue weighted by Crippen LogP contribution is 2.34. The van der Waals surface area contributed by atoms with Gasteiger partial charge in [-0.2, -0.15) is 0 Å². The second-order valence-corrected chi connectivity index (χ2v) is 7.07. The predicted octanol–water partition coefficient (Wildman–Crippen LogP) is 4.63. The highest BCUT2D eigenvalue weighted by atomic mass is 32.1. The van der Waals surface area contributed by atoms with Gasteiger partial charge in [-0.15, -0.1) is 0 Å². The lowest BCUT2D eigenvalue weighted by atomic mass is 9.94. The van der Waals surface area contributed by atoms with Gasteiger partial charge in [-0.25, -0.2) is 13.6 Å². The van der Waals surface area contributed by atoms with E-state index in [-0.39, 0.29) is 11.7 Å². The second-order valence-electron chi connectivity index (χ2n) is 6.68. The molecule has 0 saturated carbocycles. The Morgan fingerprint density at radius 3 is 2.43 bits per heavy atom. The zero-order valence-electron chi connectivity index (χ0n) is 15.7. The number of thiocarbonyl (C=S) groups is 1. The molecule has 146 valence electrons. The molecule has 28 heavy (non-hydrogen) atoms. The molecule has 0 unspecified atom stereocenters. The van der Waals surface area contributed by atoms with Crippen LogP contribution in [0.3, 0.4) is 0 Å². The quantitative estimate of drug-likeness (QED) is 0.597. The van der Waals surface area contributed by atoms with Gasteiger partial charge in [0.25, 0.3) is 0 Å². The third kappa shape index (κ3) is 3.89. The molecule has 0 fully saturated rings. The number of ether oxygens (including phenoxy) is 1. The number of para-hydroxylation sites is 1. The van der Waals surface area contributed by atoms with Gasteiger partial charge in [-0.05, 0) is 62.8 Å². The van der Waals surface area contributed by atoms with Crippen molar-refractivity contribution >= 4 is 29.0 Å². The van der Waals surface area contributed by atoms with E-state index < -0.39 is 23.6 Å². The van der Waals surface area contributed by atoms with E-state index in [0.717, 1.165) is 17.8 Å². The Balaban J connectivity index is 2.14. The average Bonchev–Trinajstić information content (AvgIpc) is 2.63. The Kier molecular flexibility index (Phi) is 5.74. The summed E-state index contributed by atoms with van der Waals surface area (Å²) in [4.78, 5) is 14.6. The monoisotopic (exact) mass is 402 g/mol. The van der Waals surface area contributed by atoms with Gasteiger partial charge in [0, 0.05) is 11.4 Å². The Labute approximate surface area is 167 Å². The van der Waals surface area contributed by atoms with Crippen molar-refractivity contribution in [1.82, 2.24) is 5.32 Å². The normalized spacial score (nSPS) is 17.0. The lowest BCUT2D eigenvalue weighted by molar-refractivity contribution is -0.143. The summed E-state index contributed by atoms with van der Waals surface area (Å²) >= 11 is 5.51. The van der Waals surface area contributed by atoms with E-state index in [9.17, 15) is 13.6 Å².